The number of esters is 1. The first-order valence-corrected chi connectivity index (χ1v) is 8.40. The van der Waals surface area contributed by atoms with Gasteiger partial charge in [-0.2, -0.15) is 8.42 Å². The monoisotopic (exact) mass is 366 g/mol. The molecule has 0 atom stereocenters. The number of hydrogen-bond acceptors (Lipinski definition) is 6. The lowest BCUT2D eigenvalue weighted by atomic mass is 10.2. The number of methoxy groups -OCH3 is 2. The van der Waals surface area contributed by atoms with Gasteiger partial charge in [0.05, 0.1) is 14.2 Å². The SMILES string of the molecule is COC(=O)/C=C/c1ccc(OS(=O)(=O)c2cccc(F)c2)c(OC)c1. The van der Waals surface area contributed by atoms with Gasteiger partial charge in [-0.05, 0) is 42.0 Å². The Hall–Kier alpha value is -2.87. The molecule has 0 saturated heterocycles. The first kappa shape index (κ1) is 18.5. The van der Waals surface area contributed by atoms with Gasteiger partial charge in [-0.15, -0.1) is 0 Å². The van der Waals surface area contributed by atoms with Crippen LogP contribution in [0.25, 0.3) is 6.08 Å². The maximum atomic E-state index is 13.2. The number of hydrogen-bond donors (Lipinski definition) is 0. The highest BCUT2D eigenvalue weighted by molar-refractivity contribution is 7.87. The Kier molecular flexibility index (Phi) is 5.76. The van der Waals surface area contributed by atoms with Gasteiger partial charge in [0, 0.05) is 6.08 Å². The second-order valence-electron chi connectivity index (χ2n) is 4.76. The summed E-state index contributed by atoms with van der Waals surface area (Å²) < 4.78 is 52.3. The quantitative estimate of drug-likeness (QED) is 0.444. The smallest absolute Gasteiger partial charge is 0.339 e. The van der Waals surface area contributed by atoms with Gasteiger partial charge in [0.15, 0.2) is 11.5 Å². The van der Waals surface area contributed by atoms with Crippen LogP contribution in [0.4, 0.5) is 4.39 Å². The van der Waals surface area contributed by atoms with Gasteiger partial charge in [-0.3, -0.25) is 0 Å². The fraction of sp³-hybridized carbons (Fsp3) is 0.118. The van der Waals surface area contributed by atoms with Crippen molar-refractivity contribution < 1.29 is 31.3 Å². The normalized spacial score (nSPS) is 11.3. The first-order valence-electron chi connectivity index (χ1n) is 7.00. The minimum absolute atomic E-state index is 0.0676. The molecule has 0 aliphatic heterocycles. The summed E-state index contributed by atoms with van der Waals surface area (Å²) in [6, 6.07) is 8.85. The first-order chi connectivity index (χ1) is 11.9. The van der Waals surface area contributed by atoms with Crippen molar-refractivity contribution in [3.63, 3.8) is 0 Å². The van der Waals surface area contributed by atoms with Crippen LogP contribution in [0.15, 0.2) is 53.4 Å². The Morgan fingerprint density at radius 2 is 1.84 bits per heavy atom. The van der Waals surface area contributed by atoms with Crippen molar-refractivity contribution in [1.29, 1.82) is 0 Å². The number of halogens is 1. The predicted molar refractivity (Wildman–Crippen MR) is 88.3 cm³/mol. The van der Waals surface area contributed by atoms with E-state index < -0.39 is 21.9 Å². The van der Waals surface area contributed by atoms with Gasteiger partial charge >= 0.3 is 16.1 Å². The highest BCUT2D eigenvalue weighted by Gasteiger charge is 2.19. The van der Waals surface area contributed by atoms with Crippen molar-refractivity contribution in [2.75, 3.05) is 14.2 Å². The summed E-state index contributed by atoms with van der Waals surface area (Å²) in [5.41, 5.74) is 0.567. The largest absolute Gasteiger partial charge is 0.493 e. The van der Waals surface area contributed by atoms with E-state index in [1.54, 1.807) is 0 Å². The van der Waals surface area contributed by atoms with Crippen LogP contribution in [-0.2, 0) is 19.6 Å². The summed E-state index contributed by atoms with van der Waals surface area (Å²) in [6.45, 7) is 0. The molecule has 0 N–H and O–H groups in total. The van der Waals surface area contributed by atoms with E-state index in [1.807, 2.05) is 0 Å². The molecule has 2 aromatic rings. The fourth-order valence-corrected chi connectivity index (χ4v) is 2.85. The Labute approximate surface area is 144 Å². The van der Waals surface area contributed by atoms with E-state index in [0.717, 1.165) is 12.1 Å². The van der Waals surface area contributed by atoms with Crippen LogP contribution >= 0.6 is 0 Å². The van der Waals surface area contributed by atoms with E-state index in [1.165, 1.54) is 56.7 Å². The summed E-state index contributed by atoms with van der Waals surface area (Å²) in [6.07, 6.45) is 2.68. The molecule has 0 saturated carbocycles. The fourth-order valence-electron chi connectivity index (χ4n) is 1.88. The molecule has 25 heavy (non-hydrogen) atoms. The van der Waals surface area contributed by atoms with Crippen LogP contribution in [0.2, 0.25) is 0 Å². The zero-order chi connectivity index (χ0) is 18.4. The molecule has 2 rings (SSSR count). The lowest BCUT2D eigenvalue weighted by molar-refractivity contribution is -0.134. The number of ether oxygens (including phenoxy) is 2. The Morgan fingerprint density at radius 1 is 1.08 bits per heavy atom. The molecular formula is C17H15FO6S. The van der Waals surface area contributed by atoms with E-state index >= 15 is 0 Å². The summed E-state index contributed by atoms with van der Waals surface area (Å²) in [5.74, 6) is -1.16. The molecule has 2 aromatic carbocycles. The third kappa shape index (κ3) is 4.80. The molecule has 132 valence electrons. The van der Waals surface area contributed by atoms with Crippen molar-refractivity contribution in [3.05, 3.63) is 59.9 Å². The zero-order valence-electron chi connectivity index (χ0n) is 13.4. The number of rotatable bonds is 6. The Bertz CT molecular complexity index is 905. The van der Waals surface area contributed by atoms with E-state index in [9.17, 15) is 17.6 Å². The van der Waals surface area contributed by atoms with Crippen LogP contribution < -0.4 is 8.92 Å². The summed E-state index contributed by atoms with van der Waals surface area (Å²) in [5, 5.41) is 0. The van der Waals surface area contributed by atoms with Crippen molar-refractivity contribution in [3.8, 4) is 11.5 Å². The Morgan fingerprint density at radius 3 is 2.48 bits per heavy atom. The summed E-state index contributed by atoms with van der Waals surface area (Å²) in [7, 11) is -1.63. The number of carbonyl (C=O) groups excluding carboxylic acids is 1. The molecule has 0 unspecified atom stereocenters. The molecule has 6 nitrogen and oxygen atoms in total. The van der Waals surface area contributed by atoms with Crippen LogP contribution in [-0.4, -0.2) is 28.6 Å². The van der Waals surface area contributed by atoms with Gasteiger partial charge in [0.2, 0.25) is 0 Å². The van der Waals surface area contributed by atoms with Gasteiger partial charge in [0.25, 0.3) is 0 Å². The lowest BCUT2D eigenvalue weighted by Gasteiger charge is -2.11. The molecule has 0 heterocycles. The second-order valence-corrected chi connectivity index (χ2v) is 6.31. The van der Waals surface area contributed by atoms with Crippen molar-refractivity contribution >= 4 is 22.2 Å². The molecule has 0 bridgehead atoms. The minimum Gasteiger partial charge on any atom is -0.493 e. The summed E-state index contributed by atoms with van der Waals surface area (Å²) >= 11 is 0. The van der Waals surface area contributed by atoms with Gasteiger partial charge in [0.1, 0.15) is 10.7 Å². The second kappa shape index (κ2) is 7.80. The Balaban J connectivity index is 2.30. The third-order valence-electron chi connectivity index (χ3n) is 3.08. The van der Waals surface area contributed by atoms with E-state index in [2.05, 4.69) is 4.74 Å². The molecule has 8 heteroatoms. The molecule has 0 spiro atoms. The average Bonchev–Trinajstić information content (AvgIpc) is 2.60. The van der Waals surface area contributed by atoms with Crippen molar-refractivity contribution in [2.24, 2.45) is 0 Å². The number of carbonyl (C=O) groups is 1. The van der Waals surface area contributed by atoms with Crippen molar-refractivity contribution in [2.45, 2.75) is 4.90 Å². The summed E-state index contributed by atoms with van der Waals surface area (Å²) in [4.78, 5) is 10.8. The van der Waals surface area contributed by atoms with E-state index in [4.69, 9.17) is 8.92 Å². The minimum atomic E-state index is -4.22. The molecule has 0 aromatic heterocycles. The highest BCUT2D eigenvalue weighted by Crippen LogP contribution is 2.31. The molecule has 0 amide bonds. The van der Waals surface area contributed by atoms with Crippen molar-refractivity contribution in [1.82, 2.24) is 0 Å². The standard InChI is InChI=1S/C17H15FO6S/c1-22-16-10-12(7-9-17(19)23-2)6-8-15(16)24-25(20,21)14-5-3-4-13(18)11-14/h3-11H,1-2H3/b9-7+. The van der Waals surface area contributed by atoms with Gasteiger partial charge in [-0.1, -0.05) is 12.1 Å². The van der Waals surface area contributed by atoms with Crippen LogP contribution in [0.5, 0.6) is 11.5 Å². The van der Waals surface area contributed by atoms with E-state index in [0.29, 0.717) is 5.56 Å². The molecule has 0 radical (unpaired) electrons. The van der Waals surface area contributed by atoms with Gasteiger partial charge in [-0.25, -0.2) is 9.18 Å². The maximum absolute atomic E-state index is 13.2. The predicted octanol–water partition coefficient (Wildman–Crippen LogP) is 2.79. The maximum Gasteiger partial charge on any atom is 0.339 e. The molecule has 0 aliphatic rings. The molecular weight excluding hydrogens is 351 g/mol. The van der Waals surface area contributed by atoms with Crippen LogP contribution in [0.1, 0.15) is 5.56 Å². The van der Waals surface area contributed by atoms with Gasteiger partial charge < -0.3 is 13.7 Å². The number of benzene rings is 2. The van der Waals surface area contributed by atoms with Crippen LogP contribution in [0, 0.1) is 5.82 Å². The zero-order valence-corrected chi connectivity index (χ0v) is 14.2. The third-order valence-corrected chi connectivity index (χ3v) is 4.32. The highest BCUT2D eigenvalue weighted by atomic mass is 32.2. The molecule has 0 aliphatic carbocycles. The van der Waals surface area contributed by atoms with E-state index in [-0.39, 0.29) is 16.4 Å². The van der Waals surface area contributed by atoms with Crippen LogP contribution in [0.3, 0.4) is 0 Å². The lowest BCUT2D eigenvalue weighted by Crippen LogP contribution is -2.10. The average molecular weight is 366 g/mol. The topological polar surface area (TPSA) is 78.9 Å². The molecule has 0 fully saturated rings.